The molecule has 0 fully saturated rings. The zero-order chi connectivity index (χ0) is 11.7. The summed E-state index contributed by atoms with van der Waals surface area (Å²) in [4.78, 5) is 5.61. The number of aromatic nitrogens is 1. The summed E-state index contributed by atoms with van der Waals surface area (Å²) < 4.78 is 0. The number of nitriles is 1. The predicted molar refractivity (Wildman–Crippen MR) is 69.8 cm³/mol. The van der Waals surface area contributed by atoms with Gasteiger partial charge in [-0.25, -0.2) is 4.98 Å². The minimum atomic E-state index is 0.631. The third kappa shape index (κ3) is 1.69. The lowest BCUT2D eigenvalue weighted by Gasteiger charge is -2.03. The van der Waals surface area contributed by atoms with Crippen molar-refractivity contribution in [1.29, 1.82) is 5.26 Å². The van der Waals surface area contributed by atoms with Crippen molar-refractivity contribution in [2.75, 3.05) is 0 Å². The Labute approximate surface area is 103 Å². The molecule has 0 aliphatic rings. The van der Waals surface area contributed by atoms with Crippen molar-refractivity contribution in [2.24, 2.45) is 0 Å². The van der Waals surface area contributed by atoms with Gasteiger partial charge in [0.05, 0.1) is 21.7 Å². The van der Waals surface area contributed by atoms with Crippen molar-refractivity contribution >= 4 is 22.2 Å². The molecule has 0 atom stereocenters. The quantitative estimate of drug-likeness (QED) is 0.643. The molecule has 0 spiro atoms. The van der Waals surface area contributed by atoms with Gasteiger partial charge in [0.15, 0.2) is 0 Å². The Morgan fingerprint density at radius 3 is 2.76 bits per heavy atom. The number of nitrogens with zero attached hydrogens (tertiary/aromatic N) is 2. The predicted octanol–water partition coefficient (Wildman–Crippen LogP) is 3.83. The van der Waals surface area contributed by atoms with Gasteiger partial charge in [0.25, 0.3) is 0 Å². The SMILES string of the molecule is N#Cc1cc2ccccc2nc1-c1cccs1. The fraction of sp³-hybridized carbons (Fsp3) is 0. The summed E-state index contributed by atoms with van der Waals surface area (Å²) >= 11 is 1.60. The molecular formula is C14H8N2S. The summed E-state index contributed by atoms with van der Waals surface area (Å²) in [7, 11) is 0. The van der Waals surface area contributed by atoms with Gasteiger partial charge in [-0.2, -0.15) is 5.26 Å². The molecule has 3 aromatic rings. The van der Waals surface area contributed by atoms with Crippen LogP contribution in [0, 0.1) is 11.3 Å². The first-order valence-corrected chi connectivity index (χ1v) is 6.10. The van der Waals surface area contributed by atoms with E-state index in [1.807, 2.05) is 47.8 Å². The van der Waals surface area contributed by atoms with Crippen LogP contribution in [0.2, 0.25) is 0 Å². The maximum Gasteiger partial charge on any atom is 0.101 e. The Balaban J connectivity index is 2.34. The molecule has 2 heterocycles. The van der Waals surface area contributed by atoms with E-state index in [1.54, 1.807) is 11.3 Å². The molecule has 0 aliphatic heterocycles. The van der Waals surface area contributed by atoms with Crippen LogP contribution in [-0.4, -0.2) is 4.98 Å². The number of pyridine rings is 1. The fourth-order valence-corrected chi connectivity index (χ4v) is 2.53. The van der Waals surface area contributed by atoms with Crippen molar-refractivity contribution in [3.8, 4) is 16.6 Å². The van der Waals surface area contributed by atoms with Crippen molar-refractivity contribution in [3.63, 3.8) is 0 Å². The summed E-state index contributed by atoms with van der Waals surface area (Å²) in [5, 5.41) is 12.2. The number of rotatable bonds is 1. The molecule has 2 aromatic heterocycles. The minimum absolute atomic E-state index is 0.631. The lowest BCUT2D eigenvalue weighted by Crippen LogP contribution is -1.88. The maximum atomic E-state index is 9.19. The van der Waals surface area contributed by atoms with Gasteiger partial charge in [-0.1, -0.05) is 24.3 Å². The van der Waals surface area contributed by atoms with E-state index in [-0.39, 0.29) is 0 Å². The standard InChI is InChI=1S/C14H8N2S/c15-9-11-8-10-4-1-2-5-12(10)16-14(11)13-6-3-7-17-13/h1-8H. The largest absolute Gasteiger partial charge is 0.246 e. The van der Waals surface area contributed by atoms with Crippen LogP contribution in [0.4, 0.5) is 0 Å². The summed E-state index contributed by atoms with van der Waals surface area (Å²) in [5.74, 6) is 0. The van der Waals surface area contributed by atoms with E-state index in [0.29, 0.717) is 5.56 Å². The molecule has 0 radical (unpaired) electrons. The summed E-state index contributed by atoms with van der Waals surface area (Å²) in [6, 6.07) is 15.9. The van der Waals surface area contributed by atoms with Crippen LogP contribution in [0.3, 0.4) is 0 Å². The van der Waals surface area contributed by atoms with Crippen LogP contribution in [0.25, 0.3) is 21.5 Å². The topological polar surface area (TPSA) is 36.7 Å². The van der Waals surface area contributed by atoms with E-state index < -0.39 is 0 Å². The lowest BCUT2D eigenvalue weighted by atomic mass is 10.1. The Morgan fingerprint density at radius 2 is 2.00 bits per heavy atom. The molecule has 0 amide bonds. The number of fused-ring (bicyclic) bond motifs is 1. The number of benzene rings is 1. The van der Waals surface area contributed by atoms with Gasteiger partial charge in [-0.15, -0.1) is 11.3 Å². The first-order valence-electron chi connectivity index (χ1n) is 5.22. The monoisotopic (exact) mass is 236 g/mol. The first kappa shape index (κ1) is 10.0. The van der Waals surface area contributed by atoms with E-state index in [9.17, 15) is 5.26 Å². The van der Waals surface area contributed by atoms with Gasteiger partial charge in [0, 0.05) is 5.39 Å². The van der Waals surface area contributed by atoms with Gasteiger partial charge in [0.2, 0.25) is 0 Å². The number of hydrogen-bond acceptors (Lipinski definition) is 3. The molecule has 2 nitrogen and oxygen atoms in total. The number of para-hydroxylation sites is 1. The zero-order valence-corrected chi connectivity index (χ0v) is 9.74. The third-order valence-electron chi connectivity index (χ3n) is 2.60. The number of hydrogen-bond donors (Lipinski definition) is 0. The molecule has 80 valence electrons. The van der Waals surface area contributed by atoms with Crippen molar-refractivity contribution in [3.05, 3.63) is 53.4 Å². The van der Waals surface area contributed by atoms with Crippen molar-refractivity contribution in [2.45, 2.75) is 0 Å². The van der Waals surface area contributed by atoms with E-state index in [2.05, 4.69) is 11.1 Å². The van der Waals surface area contributed by atoms with Gasteiger partial charge in [0.1, 0.15) is 6.07 Å². The van der Waals surface area contributed by atoms with Gasteiger partial charge in [-0.05, 0) is 23.6 Å². The third-order valence-corrected chi connectivity index (χ3v) is 3.48. The summed E-state index contributed by atoms with van der Waals surface area (Å²) in [5.41, 5.74) is 2.34. The highest BCUT2D eigenvalue weighted by Gasteiger charge is 2.09. The Hall–Kier alpha value is -2.18. The normalized spacial score (nSPS) is 10.3. The average Bonchev–Trinajstić information content (AvgIpc) is 2.91. The Morgan fingerprint density at radius 1 is 1.12 bits per heavy atom. The molecule has 1 aromatic carbocycles. The molecule has 0 saturated carbocycles. The highest BCUT2D eigenvalue weighted by Crippen LogP contribution is 2.28. The first-order chi connectivity index (χ1) is 8.38. The highest BCUT2D eigenvalue weighted by atomic mass is 32.1. The summed E-state index contributed by atoms with van der Waals surface area (Å²) in [6.07, 6.45) is 0. The second kappa shape index (κ2) is 4.00. The molecule has 0 saturated heterocycles. The molecule has 17 heavy (non-hydrogen) atoms. The summed E-state index contributed by atoms with van der Waals surface area (Å²) in [6.45, 7) is 0. The second-order valence-corrected chi connectivity index (χ2v) is 4.61. The van der Waals surface area contributed by atoms with E-state index >= 15 is 0 Å². The Bertz CT molecular complexity index is 709. The average molecular weight is 236 g/mol. The lowest BCUT2D eigenvalue weighted by molar-refractivity contribution is 1.38. The van der Waals surface area contributed by atoms with E-state index in [1.165, 1.54) is 0 Å². The second-order valence-electron chi connectivity index (χ2n) is 3.67. The van der Waals surface area contributed by atoms with Crippen molar-refractivity contribution in [1.82, 2.24) is 4.98 Å². The fourth-order valence-electron chi connectivity index (χ4n) is 1.80. The van der Waals surface area contributed by atoms with E-state index in [0.717, 1.165) is 21.5 Å². The zero-order valence-electron chi connectivity index (χ0n) is 8.92. The van der Waals surface area contributed by atoms with Gasteiger partial charge >= 0.3 is 0 Å². The van der Waals surface area contributed by atoms with Crippen LogP contribution in [0.1, 0.15) is 5.56 Å². The molecule has 0 bridgehead atoms. The molecule has 0 aliphatic carbocycles. The van der Waals surface area contributed by atoms with Gasteiger partial charge < -0.3 is 0 Å². The van der Waals surface area contributed by atoms with Crippen LogP contribution < -0.4 is 0 Å². The van der Waals surface area contributed by atoms with Crippen LogP contribution in [0.15, 0.2) is 47.8 Å². The maximum absolute atomic E-state index is 9.19. The molecule has 0 unspecified atom stereocenters. The smallest absolute Gasteiger partial charge is 0.101 e. The highest BCUT2D eigenvalue weighted by molar-refractivity contribution is 7.13. The number of thiophene rings is 1. The molecule has 3 rings (SSSR count). The molecule has 3 heteroatoms. The molecular weight excluding hydrogens is 228 g/mol. The minimum Gasteiger partial charge on any atom is -0.246 e. The van der Waals surface area contributed by atoms with Gasteiger partial charge in [-0.3, -0.25) is 0 Å². The molecule has 0 N–H and O–H groups in total. The van der Waals surface area contributed by atoms with Crippen LogP contribution in [0.5, 0.6) is 0 Å². The van der Waals surface area contributed by atoms with Crippen molar-refractivity contribution < 1.29 is 0 Å². The Kier molecular flexibility index (Phi) is 2.36. The van der Waals surface area contributed by atoms with E-state index in [4.69, 9.17) is 0 Å². The van der Waals surface area contributed by atoms with Crippen LogP contribution in [-0.2, 0) is 0 Å². The van der Waals surface area contributed by atoms with Crippen LogP contribution >= 0.6 is 11.3 Å².